The van der Waals surface area contributed by atoms with Crippen LogP contribution in [0.5, 0.6) is 0 Å². The van der Waals surface area contributed by atoms with E-state index in [2.05, 4.69) is 218 Å². The van der Waals surface area contributed by atoms with E-state index in [0.717, 1.165) is 54.3 Å². The molecule has 10 aliphatic rings. The Morgan fingerprint density at radius 3 is 1.45 bits per heavy atom. The van der Waals surface area contributed by atoms with E-state index in [1.165, 1.54) is 77.0 Å². The number of rotatable bonds is 0. The van der Waals surface area contributed by atoms with Crippen LogP contribution in [0, 0.1) is 47.3 Å². The van der Waals surface area contributed by atoms with Crippen LogP contribution in [0.4, 0.5) is 0 Å². The van der Waals surface area contributed by atoms with E-state index in [1.807, 2.05) is 34.1 Å². The Labute approximate surface area is 541 Å². The number of thiol groups is 1. The SMILES string of the molecule is C=P1(C)OC2CC(C)CCC2C(C)(C)S1.CC1CC(C)(C)SP(C)(=S)O1.CC1CC(C)(C)S[P+](C)(S)O1.CC1CCC2C(C1)OP(C)(=S)N(C)C2(C)C.CC1CCC2C(C1)OP(C)N(C)C2(C)C.CC1CCC2C(C1)OP(C)SC2(C)C. The first kappa shape index (κ1) is 77.0. The molecule has 10 fully saturated rings. The standard InChI is InChI=1S/C12H24NOPS.C12H24NOP.C12H23OPS.C11H21OPS.C7H16OPS2.C7H15OPS2/c1-9-6-7-10-11(8-9)14-15(5,16)13(4)12(10,2)3;1-9-6-7-10-11(8-9)14-15(5)13(4)12(10,2)3;1-9-6-7-10-11(8-9)13-14(4,5)15-12(10,2)3;1-8-5-6-9-10(7-8)12-13(4)14-11(9,2)3;2*1-6-5-7(2,3)11-9(4,10)8-6/h9-11H,6-8H2,1-5H3;9-11H,6-8H2,1-5H3;9-11H,4,6-8H2,1-3,5H3;8-10H,5-7H2,1-4H3;6,10H,5H2,1-4H3;6H,5H2,1-4H3/q;;;;+1;. The second kappa shape index (κ2) is 29.9. The van der Waals surface area contributed by atoms with Crippen LogP contribution in [0.3, 0.4) is 0 Å². The lowest BCUT2D eigenvalue weighted by molar-refractivity contribution is -0.0289. The van der Waals surface area contributed by atoms with Gasteiger partial charge >= 0.3 is 0 Å². The van der Waals surface area contributed by atoms with Crippen LogP contribution in [0.1, 0.15) is 215 Å². The van der Waals surface area contributed by atoms with Gasteiger partial charge in [0.2, 0.25) is 0 Å². The molecule has 8 nitrogen and oxygen atoms in total. The molecular weight excluding hydrogens is 1270 g/mol. The van der Waals surface area contributed by atoms with Gasteiger partial charge in [-0.2, -0.15) is 0 Å². The highest BCUT2D eigenvalue weighted by molar-refractivity contribution is 8.89. The van der Waals surface area contributed by atoms with Crippen LogP contribution in [-0.4, -0.2) is 136 Å². The lowest BCUT2D eigenvalue weighted by Gasteiger charge is -2.56. The van der Waals surface area contributed by atoms with E-state index < -0.39 is 24.1 Å². The monoisotopic (exact) mass is 1390 g/mol. The molecule has 82 heavy (non-hydrogen) atoms. The average Bonchev–Trinajstić information content (AvgIpc) is 3.48. The van der Waals surface area contributed by atoms with E-state index in [0.29, 0.717) is 67.1 Å². The van der Waals surface area contributed by atoms with Gasteiger partial charge in [0.25, 0.3) is 5.89 Å². The zero-order valence-corrected chi connectivity index (χ0v) is 67.8. The Bertz CT molecular complexity index is 2210. The van der Waals surface area contributed by atoms with Crippen molar-refractivity contribution < 1.29 is 27.1 Å². The molecule has 6 aliphatic heterocycles. The van der Waals surface area contributed by atoms with Gasteiger partial charge in [0.15, 0.2) is 0 Å². The van der Waals surface area contributed by atoms with Crippen molar-refractivity contribution in [3.05, 3.63) is 0 Å². The molecule has 10 rings (SSSR count). The summed E-state index contributed by atoms with van der Waals surface area (Å²) in [6, 6.07) is 0. The van der Waals surface area contributed by atoms with Crippen molar-refractivity contribution >= 4 is 127 Å². The second-order valence-electron chi connectivity index (χ2n) is 30.7. The molecule has 0 aromatic rings. The third-order valence-corrected chi connectivity index (χ3v) is 44.5. The predicted molar refractivity (Wildman–Crippen MR) is 394 cm³/mol. The maximum Gasteiger partial charge on any atom is 0.256 e. The van der Waals surface area contributed by atoms with Crippen LogP contribution in [-0.2, 0) is 50.8 Å². The summed E-state index contributed by atoms with van der Waals surface area (Å²) < 4.78 is 42.5. The van der Waals surface area contributed by atoms with Crippen LogP contribution < -0.4 is 0 Å². The van der Waals surface area contributed by atoms with Gasteiger partial charge in [0, 0.05) is 67.9 Å². The molecule has 4 aliphatic carbocycles. The Kier molecular flexibility index (Phi) is 28.1. The minimum Gasteiger partial charge on any atom is -0.348 e. The molecule has 20 atom stereocenters. The first-order valence-corrected chi connectivity index (χ1v) is 52.4. The van der Waals surface area contributed by atoms with Crippen molar-refractivity contribution in [3.8, 4) is 0 Å². The van der Waals surface area contributed by atoms with Gasteiger partial charge in [-0.05, 0) is 212 Å². The molecule has 4 saturated carbocycles. The minimum absolute atomic E-state index is 0.202. The molecule has 21 heteroatoms. The molecule has 6 heterocycles. The Morgan fingerprint density at radius 2 is 0.988 bits per heavy atom. The van der Waals surface area contributed by atoms with Gasteiger partial charge in [-0.15, -0.1) is 11.4 Å². The summed E-state index contributed by atoms with van der Waals surface area (Å²) in [5, 5.41) is 0. The summed E-state index contributed by atoms with van der Waals surface area (Å²) in [7, 11) is 3.77. The molecule has 6 saturated heterocycles. The van der Waals surface area contributed by atoms with Gasteiger partial charge in [-0.25, -0.2) is 4.52 Å². The Balaban J connectivity index is 0.000000181. The summed E-state index contributed by atoms with van der Waals surface area (Å²) in [6.07, 6.45) is 21.9. The van der Waals surface area contributed by atoms with Crippen molar-refractivity contribution in [2.75, 3.05) is 54.1 Å². The highest BCUT2D eigenvalue weighted by atomic mass is 33.1. The minimum atomic E-state index is -1.75. The van der Waals surface area contributed by atoms with Crippen molar-refractivity contribution in [2.24, 2.45) is 47.3 Å². The fourth-order valence-electron chi connectivity index (χ4n) is 15.5. The number of hydrogen-bond acceptors (Lipinski definition) is 14. The van der Waals surface area contributed by atoms with E-state index in [1.54, 1.807) is 0 Å². The lowest BCUT2D eigenvalue weighted by atomic mass is 9.72. The molecule has 0 radical (unpaired) electrons. The van der Waals surface area contributed by atoms with Crippen molar-refractivity contribution in [1.82, 2.24) is 9.34 Å². The second-order valence-corrected chi connectivity index (χ2v) is 64.9. The van der Waals surface area contributed by atoms with Crippen molar-refractivity contribution in [1.29, 1.82) is 0 Å². The van der Waals surface area contributed by atoms with E-state index >= 15 is 0 Å². The number of hydrogen-bond donors (Lipinski definition) is 1. The smallest absolute Gasteiger partial charge is 0.256 e. The average molecular weight is 1390 g/mol. The van der Waals surface area contributed by atoms with Crippen molar-refractivity contribution in [2.45, 2.75) is 281 Å². The fraction of sp³-hybridized carbons (Fsp3) is 0.984. The largest absolute Gasteiger partial charge is 0.348 e. The maximum atomic E-state index is 6.25. The molecule has 0 spiro atoms. The summed E-state index contributed by atoms with van der Waals surface area (Å²) in [4.78, 5) is 0. The van der Waals surface area contributed by atoms with Crippen LogP contribution in [0.25, 0.3) is 0 Å². The Morgan fingerprint density at radius 1 is 0.561 bits per heavy atom. The van der Waals surface area contributed by atoms with Gasteiger partial charge in [-0.3, -0.25) is 9.34 Å². The van der Waals surface area contributed by atoms with Crippen molar-refractivity contribution in [3.63, 3.8) is 0 Å². The fourth-order valence-corrected chi connectivity index (χ4v) is 46.5. The molecule has 0 aromatic heterocycles. The first-order valence-electron chi connectivity index (χ1n) is 31.4. The zero-order chi connectivity index (χ0) is 62.4. The predicted octanol–water partition coefficient (Wildman–Crippen LogP) is 22.3. The third-order valence-electron chi connectivity index (χ3n) is 19.6. The molecule has 0 amide bonds. The summed E-state index contributed by atoms with van der Waals surface area (Å²) in [5.74, 6) is 4.89. The molecule has 0 N–H and O–H groups in total. The molecule has 20 unspecified atom stereocenters. The summed E-state index contributed by atoms with van der Waals surface area (Å²) in [6.45, 7) is 54.8. The molecule has 0 aromatic carbocycles. The molecule has 0 bridgehead atoms. The van der Waals surface area contributed by atoms with Crippen LogP contribution in [0.15, 0.2) is 0 Å². The third kappa shape index (κ3) is 21.9. The lowest BCUT2D eigenvalue weighted by Crippen LogP contribution is -2.56. The highest BCUT2D eigenvalue weighted by Gasteiger charge is 2.53. The van der Waals surface area contributed by atoms with Crippen LogP contribution >= 0.6 is 97.5 Å². The zero-order valence-electron chi connectivity index (χ0n) is 56.6. The quantitative estimate of drug-likeness (QED) is 0.185. The normalized spacial score (nSPS) is 46.9. The number of nitrogens with zero attached hydrogens (tertiary/aromatic N) is 2. The van der Waals surface area contributed by atoms with Gasteiger partial charge in [-0.1, -0.05) is 120 Å². The topological polar surface area (TPSA) is 61.9 Å². The Hall–Kier alpha value is 4.32. The van der Waals surface area contributed by atoms with Crippen LogP contribution in [0.2, 0.25) is 0 Å². The number of fused-ring (bicyclic) bond motifs is 4. The van der Waals surface area contributed by atoms with Gasteiger partial charge < -0.3 is 22.6 Å². The highest BCUT2D eigenvalue weighted by Crippen LogP contribution is 2.79. The summed E-state index contributed by atoms with van der Waals surface area (Å²) >= 11 is 23.4. The molecule has 484 valence electrons. The van der Waals surface area contributed by atoms with E-state index in [9.17, 15) is 0 Å². The first-order chi connectivity index (χ1) is 37.1. The van der Waals surface area contributed by atoms with Gasteiger partial charge in [0.1, 0.15) is 26.3 Å². The molecular formula is C61H123N2O6P6S7+. The maximum absolute atomic E-state index is 6.25. The van der Waals surface area contributed by atoms with E-state index in [-0.39, 0.29) is 21.2 Å². The van der Waals surface area contributed by atoms with Gasteiger partial charge in [0.05, 0.1) is 67.0 Å². The summed E-state index contributed by atoms with van der Waals surface area (Å²) in [5.41, 5.74) is -0.990. The van der Waals surface area contributed by atoms with E-state index in [4.69, 9.17) is 50.8 Å².